The van der Waals surface area contributed by atoms with E-state index < -0.39 is 29.7 Å². The van der Waals surface area contributed by atoms with Crippen molar-refractivity contribution < 1.29 is 23.9 Å². The summed E-state index contributed by atoms with van der Waals surface area (Å²) in [5.74, 6) is 0.665. The van der Waals surface area contributed by atoms with E-state index in [9.17, 15) is 19.2 Å². The minimum Gasteiger partial charge on any atom is -0.480 e. The van der Waals surface area contributed by atoms with Crippen LogP contribution in [0.15, 0.2) is 30.3 Å². The second-order valence-electron chi connectivity index (χ2n) is 6.28. The first-order valence-electron chi connectivity index (χ1n) is 8.36. The summed E-state index contributed by atoms with van der Waals surface area (Å²) in [6.07, 6.45) is 5.41. The van der Waals surface area contributed by atoms with Gasteiger partial charge in [-0.2, -0.15) is 0 Å². The monoisotopic (exact) mass is 362 g/mol. The second-order valence-corrected chi connectivity index (χ2v) is 6.28. The van der Waals surface area contributed by atoms with E-state index >= 15 is 0 Å². The van der Waals surface area contributed by atoms with Gasteiger partial charge >= 0.3 is 0 Å². The highest BCUT2D eigenvalue weighted by molar-refractivity contribution is 6.27. The van der Waals surface area contributed by atoms with Crippen molar-refractivity contribution in [3.05, 3.63) is 41.5 Å². The highest BCUT2D eigenvalue weighted by atomic mass is 16.5. The maximum Gasteiger partial charge on any atom is 0.262 e. The molecular formula is C20H14N2O5. The lowest BCUT2D eigenvalue weighted by Gasteiger charge is -2.34. The molecule has 2 aromatic carbocycles. The van der Waals surface area contributed by atoms with Crippen LogP contribution >= 0.6 is 0 Å². The molecule has 27 heavy (non-hydrogen) atoms. The molecule has 1 saturated heterocycles. The van der Waals surface area contributed by atoms with Crippen LogP contribution in [0.4, 0.5) is 0 Å². The van der Waals surface area contributed by atoms with Gasteiger partial charge in [0.25, 0.3) is 11.8 Å². The lowest BCUT2D eigenvalue weighted by molar-refractivity contribution is -0.136. The van der Waals surface area contributed by atoms with Gasteiger partial charge in [-0.05, 0) is 24.6 Å². The molecule has 2 aromatic rings. The zero-order valence-corrected chi connectivity index (χ0v) is 14.2. The van der Waals surface area contributed by atoms with Crippen molar-refractivity contribution in [1.29, 1.82) is 0 Å². The number of ether oxygens (including phenoxy) is 1. The van der Waals surface area contributed by atoms with Crippen molar-refractivity contribution in [2.45, 2.75) is 18.9 Å². The molecule has 0 aromatic heterocycles. The maximum atomic E-state index is 13.0. The minimum atomic E-state index is -1.01. The normalized spacial score (nSPS) is 19.1. The van der Waals surface area contributed by atoms with Gasteiger partial charge < -0.3 is 4.74 Å². The fourth-order valence-corrected chi connectivity index (χ4v) is 3.54. The van der Waals surface area contributed by atoms with Gasteiger partial charge in [-0.3, -0.25) is 29.4 Å². The largest absolute Gasteiger partial charge is 0.480 e. The predicted molar refractivity (Wildman–Crippen MR) is 94.9 cm³/mol. The number of benzene rings is 2. The molecule has 4 rings (SSSR count). The van der Waals surface area contributed by atoms with Gasteiger partial charge in [-0.25, -0.2) is 0 Å². The van der Waals surface area contributed by atoms with Crippen molar-refractivity contribution in [3.8, 4) is 18.1 Å². The molecule has 1 fully saturated rings. The first kappa shape index (κ1) is 16.8. The summed E-state index contributed by atoms with van der Waals surface area (Å²) in [4.78, 5) is 50.6. The highest BCUT2D eigenvalue weighted by Crippen LogP contribution is 2.36. The van der Waals surface area contributed by atoms with E-state index in [1.165, 1.54) is 0 Å². The van der Waals surface area contributed by atoms with Gasteiger partial charge in [0.05, 0.1) is 0 Å². The summed E-state index contributed by atoms with van der Waals surface area (Å²) in [5, 5.41) is 3.27. The Hall–Kier alpha value is -3.66. The van der Waals surface area contributed by atoms with Crippen LogP contribution in [0.1, 0.15) is 33.6 Å². The molecule has 2 aliphatic rings. The van der Waals surface area contributed by atoms with E-state index in [1.807, 2.05) is 0 Å². The number of piperidine rings is 1. The molecule has 0 aliphatic carbocycles. The van der Waals surface area contributed by atoms with Crippen LogP contribution in [0.25, 0.3) is 10.8 Å². The number of terminal acetylenes is 1. The molecular weight excluding hydrogens is 348 g/mol. The van der Waals surface area contributed by atoms with E-state index in [4.69, 9.17) is 11.2 Å². The Bertz CT molecular complexity index is 1040. The summed E-state index contributed by atoms with van der Waals surface area (Å²) in [5.41, 5.74) is 0.607. The van der Waals surface area contributed by atoms with Crippen LogP contribution in [0.2, 0.25) is 0 Å². The SMILES string of the molecule is C#CCOc1ccc2c3c(cccc13)C(=O)N(C1CCC(=O)NC1=O)C2=O. The van der Waals surface area contributed by atoms with E-state index in [0.29, 0.717) is 27.6 Å². The molecule has 0 spiro atoms. The first-order chi connectivity index (χ1) is 13.0. The molecule has 2 heterocycles. The van der Waals surface area contributed by atoms with Gasteiger partial charge in [0, 0.05) is 28.3 Å². The molecule has 4 amide bonds. The van der Waals surface area contributed by atoms with E-state index in [-0.39, 0.29) is 19.4 Å². The number of nitrogens with one attached hydrogen (secondary N) is 1. The lowest BCUT2D eigenvalue weighted by Crippen LogP contribution is -2.57. The third kappa shape index (κ3) is 2.54. The number of hydrogen-bond acceptors (Lipinski definition) is 5. The van der Waals surface area contributed by atoms with Gasteiger partial charge in [-0.1, -0.05) is 18.1 Å². The van der Waals surface area contributed by atoms with Crippen LogP contribution < -0.4 is 10.1 Å². The number of amides is 4. The standard InChI is InChI=1S/C20H14N2O5/c1-2-10-27-15-8-6-13-17-11(15)4-3-5-12(17)19(25)22(20(13)26)14-7-9-16(23)21-18(14)24/h1,3-6,8,14H,7,9-10H2,(H,21,23,24). The van der Waals surface area contributed by atoms with Crippen LogP contribution in [-0.2, 0) is 9.59 Å². The molecule has 7 heteroatoms. The average molecular weight is 362 g/mol. The fourth-order valence-electron chi connectivity index (χ4n) is 3.54. The smallest absolute Gasteiger partial charge is 0.262 e. The lowest BCUT2D eigenvalue weighted by atomic mass is 9.91. The Morgan fingerprint density at radius 1 is 1.11 bits per heavy atom. The van der Waals surface area contributed by atoms with E-state index in [0.717, 1.165) is 4.90 Å². The Balaban J connectivity index is 1.83. The molecule has 2 aliphatic heterocycles. The summed E-state index contributed by atoms with van der Waals surface area (Å²) < 4.78 is 5.52. The number of carbonyl (C=O) groups excluding carboxylic acids is 4. The fraction of sp³-hybridized carbons (Fsp3) is 0.200. The Morgan fingerprint density at radius 3 is 2.56 bits per heavy atom. The molecule has 1 atom stereocenters. The Labute approximate surface area is 154 Å². The van der Waals surface area contributed by atoms with Gasteiger partial charge in [0.1, 0.15) is 18.4 Å². The number of imide groups is 2. The third-order valence-corrected chi connectivity index (χ3v) is 4.73. The molecule has 0 bridgehead atoms. The van der Waals surface area contributed by atoms with Crippen LogP contribution in [0.3, 0.4) is 0 Å². The van der Waals surface area contributed by atoms with Gasteiger partial charge in [0.2, 0.25) is 11.8 Å². The Morgan fingerprint density at radius 2 is 1.85 bits per heavy atom. The van der Waals surface area contributed by atoms with Crippen molar-refractivity contribution in [3.63, 3.8) is 0 Å². The minimum absolute atomic E-state index is 0.0585. The zero-order valence-electron chi connectivity index (χ0n) is 14.2. The average Bonchev–Trinajstić information content (AvgIpc) is 2.66. The number of rotatable bonds is 3. The summed E-state index contributed by atoms with van der Waals surface area (Å²) in [7, 11) is 0. The van der Waals surface area contributed by atoms with Gasteiger partial charge in [-0.15, -0.1) is 6.42 Å². The van der Waals surface area contributed by atoms with Crippen molar-refractivity contribution >= 4 is 34.4 Å². The van der Waals surface area contributed by atoms with Gasteiger partial charge in [0.15, 0.2) is 0 Å². The quantitative estimate of drug-likeness (QED) is 0.655. The summed E-state index contributed by atoms with van der Waals surface area (Å²) in [6, 6.07) is 7.20. The van der Waals surface area contributed by atoms with E-state index in [1.54, 1.807) is 30.3 Å². The molecule has 1 unspecified atom stereocenters. The second kappa shape index (κ2) is 6.25. The highest BCUT2D eigenvalue weighted by Gasteiger charge is 2.42. The summed E-state index contributed by atoms with van der Waals surface area (Å²) >= 11 is 0. The first-order valence-corrected chi connectivity index (χ1v) is 8.36. The number of hydrogen-bond donors (Lipinski definition) is 1. The molecule has 1 N–H and O–H groups in total. The molecule has 0 radical (unpaired) electrons. The number of carbonyl (C=O) groups is 4. The molecule has 134 valence electrons. The number of nitrogens with zero attached hydrogens (tertiary/aromatic N) is 1. The van der Waals surface area contributed by atoms with Crippen molar-refractivity contribution in [1.82, 2.24) is 10.2 Å². The van der Waals surface area contributed by atoms with Crippen molar-refractivity contribution in [2.24, 2.45) is 0 Å². The predicted octanol–water partition coefficient (Wildman–Crippen LogP) is 1.25. The van der Waals surface area contributed by atoms with Crippen molar-refractivity contribution in [2.75, 3.05) is 6.61 Å². The maximum absolute atomic E-state index is 13.0. The van der Waals surface area contributed by atoms with Crippen LogP contribution in [0, 0.1) is 12.3 Å². The Kier molecular flexibility index (Phi) is 3.89. The topological polar surface area (TPSA) is 92.8 Å². The molecule has 0 saturated carbocycles. The van der Waals surface area contributed by atoms with E-state index in [2.05, 4.69) is 11.2 Å². The third-order valence-electron chi connectivity index (χ3n) is 4.73. The van der Waals surface area contributed by atoms with Crippen LogP contribution in [0.5, 0.6) is 5.75 Å². The zero-order chi connectivity index (χ0) is 19.1. The van der Waals surface area contributed by atoms with Crippen LogP contribution in [-0.4, -0.2) is 41.2 Å². The summed E-state index contributed by atoms with van der Waals surface area (Å²) in [6.45, 7) is 0.0585. The molecule has 7 nitrogen and oxygen atoms in total.